The lowest BCUT2D eigenvalue weighted by Crippen LogP contribution is -2.50. The third-order valence-electron chi connectivity index (χ3n) is 6.47. The van der Waals surface area contributed by atoms with E-state index in [1.807, 2.05) is 0 Å². The summed E-state index contributed by atoms with van der Waals surface area (Å²) < 4.78 is 11.1. The number of hydrogen-bond acceptors (Lipinski definition) is 7. The summed E-state index contributed by atoms with van der Waals surface area (Å²) in [5.74, 6) is 0.512. The number of hydrogen-bond donors (Lipinski definition) is 2. The molecule has 1 aromatic heterocycles. The van der Waals surface area contributed by atoms with Gasteiger partial charge in [0.05, 0.1) is 16.8 Å². The molecule has 5 heterocycles. The minimum atomic E-state index is -0.606. The van der Waals surface area contributed by atoms with E-state index in [9.17, 15) is 14.4 Å². The molecule has 1 fully saturated rings. The molecule has 1 saturated heterocycles. The first-order chi connectivity index (χ1) is 17.0. The van der Waals surface area contributed by atoms with E-state index in [2.05, 4.69) is 22.2 Å². The average molecular weight is 514 g/mol. The van der Waals surface area contributed by atoms with E-state index in [0.717, 1.165) is 5.56 Å². The van der Waals surface area contributed by atoms with Crippen molar-refractivity contribution in [1.82, 2.24) is 20.5 Å². The summed E-state index contributed by atoms with van der Waals surface area (Å²) in [6, 6.07) is 3.91. The summed E-state index contributed by atoms with van der Waals surface area (Å²) in [6.07, 6.45) is 3.54. The van der Waals surface area contributed by atoms with Crippen LogP contribution in [-0.4, -0.2) is 58.9 Å². The molecule has 0 bridgehead atoms. The topological polar surface area (TPSA) is 113 Å². The van der Waals surface area contributed by atoms with E-state index in [4.69, 9.17) is 21.1 Å². The Morgan fingerprint density at radius 2 is 2.17 bits per heavy atom. The first-order valence-electron chi connectivity index (χ1n) is 11.0. The Labute approximate surface area is 209 Å². The number of amides is 4. The van der Waals surface area contributed by atoms with E-state index in [-0.39, 0.29) is 24.6 Å². The second kappa shape index (κ2) is 8.35. The smallest absolute Gasteiger partial charge is 0.327 e. The minimum Gasteiger partial charge on any atom is -0.454 e. The van der Waals surface area contributed by atoms with Crippen molar-refractivity contribution < 1.29 is 23.9 Å². The van der Waals surface area contributed by atoms with Crippen molar-refractivity contribution >= 4 is 52.6 Å². The number of anilines is 2. The summed E-state index contributed by atoms with van der Waals surface area (Å²) in [5, 5.41) is 6.38. The fraction of sp³-hybridized carbons (Fsp3) is 0.304. The van der Waals surface area contributed by atoms with E-state index in [1.165, 1.54) is 22.7 Å². The van der Waals surface area contributed by atoms with Crippen LogP contribution in [0, 0.1) is 0 Å². The molecule has 6 rings (SSSR count). The van der Waals surface area contributed by atoms with Crippen molar-refractivity contribution in [3.05, 3.63) is 47.6 Å². The highest BCUT2D eigenvalue weighted by Gasteiger charge is 2.48. The van der Waals surface area contributed by atoms with Crippen molar-refractivity contribution in [2.45, 2.75) is 28.8 Å². The number of thioether (sulfide) groups is 1. The summed E-state index contributed by atoms with van der Waals surface area (Å²) in [5.41, 5.74) is 1.71. The molecule has 10 nitrogen and oxygen atoms in total. The summed E-state index contributed by atoms with van der Waals surface area (Å²) >= 11 is 7.81. The van der Waals surface area contributed by atoms with Gasteiger partial charge in [-0.1, -0.05) is 29.9 Å². The fourth-order valence-electron chi connectivity index (χ4n) is 4.88. The number of carbonyl (C=O) groups excluding carboxylic acids is 3. The van der Waals surface area contributed by atoms with Crippen molar-refractivity contribution in [3.8, 4) is 11.5 Å². The molecular weight excluding hydrogens is 494 g/mol. The zero-order valence-corrected chi connectivity index (χ0v) is 19.9. The number of nitrogens with one attached hydrogen (secondary N) is 2. The predicted octanol–water partition coefficient (Wildman–Crippen LogP) is 2.74. The lowest BCUT2D eigenvalue weighted by Gasteiger charge is -2.35. The number of nitrogens with zero attached hydrogens (tertiary/aromatic N) is 3. The van der Waals surface area contributed by atoms with Crippen LogP contribution < -0.4 is 25.0 Å². The highest BCUT2D eigenvalue weighted by molar-refractivity contribution is 8.01. The van der Waals surface area contributed by atoms with Crippen LogP contribution in [0.3, 0.4) is 0 Å². The van der Waals surface area contributed by atoms with Crippen LogP contribution in [0.1, 0.15) is 18.0 Å². The summed E-state index contributed by atoms with van der Waals surface area (Å²) in [7, 11) is 0. The average Bonchev–Trinajstić information content (AvgIpc) is 3.59. The van der Waals surface area contributed by atoms with Crippen LogP contribution in [-0.2, 0) is 9.59 Å². The zero-order valence-electron chi connectivity index (χ0n) is 18.3. The number of likely N-dealkylation sites (tertiary alicyclic amines) is 1. The standard InChI is InChI=1S/C23H20ClN5O5S/c1-2-15(30)28-8-6-11(9-28)26-21(31)20-17-16-13(5-7-25-22(16)35-20)29(23(32)27-17)18-12(24)3-4-14-19(18)34-10-33-14/h2-5,7,11,17,20H,1,6,8-10H2,(H,26,31)(H,27,32)/t11?,17?,20-/m1/s1. The SMILES string of the molecule is C=CC(=O)N1CCC(NC(=O)[C@@H]2Sc3nccc4c3C2NC(=O)N4c2c(Cl)ccc3c2OCO3)C1. The molecule has 0 radical (unpaired) electrons. The number of pyridine rings is 1. The third-order valence-corrected chi connectivity index (χ3v) is 8.07. The van der Waals surface area contributed by atoms with Gasteiger partial charge in [0.25, 0.3) is 0 Å². The third kappa shape index (κ3) is 3.49. The van der Waals surface area contributed by atoms with Gasteiger partial charge in [0.1, 0.15) is 16.0 Å². The number of rotatable bonds is 4. The molecule has 180 valence electrons. The van der Waals surface area contributed by atoms with E-state index in [1.54, 1.807) is 29.3 Å². The van der Waals surface area contributed by atoms with E-state index in [0.29, 0.717) is 52.4 Å². The maximum atomic E-state index is 13.4. The van der Waals surface area contributed by atoms with Crippen molar-refractivity contribution in [2.24, 2.45) is 0 Å². The molecule has 2 N–H and O–H groups in total. The minimum absolute atomic E-state index is 0.0320. The van der Waals surface area contributed by atoms with Gasteiger partial charge in [-0.15, -0.1) is 0 Å². The monoisotopic (exact) mass is 513 g/mol. The maximum Gasteiger partial charge on any atom is 0.327 e. The van der Waals surface area contributed by atoms with Crippen LogP contribution in [0.2, 0.25) is 5.02 Å². The number of aromatic nitrogens is 1. The lowest BCUT2D eigenvalue weighted by atomic mass is 9.99. The largest absolute Gasteiger partial charge is 0.454 e. The normalized spacial score (nSPS) is 23.7. The van der Waals surface area contributed by atoms with Gasteiger partial charge in [-0.3, -0.25) is 14.5 Å². The van der Waals surface area contributed by atoms with Gasteiger partial charge in [0, 0.05) is 30.9 Å². The molecule has 35 heavy (non-hydrogen) atoms. The molecule has 4 aliphatic heterocycles. The van der Waals surface area contributed by atoms with Gasteiger partial charge in [-0.2, -0.15) is 0 Å². The number of halogens is 1. The number of fused-ring (bicyclic) bond motifs is 1. The van der Waals surface area contributed by atoms with Gasteiger partial charge < -0.3 is 25.0 Å². The number of carbonyl (C=O) groups is 3. The van der Waals surface area contributed by atoms with Gasteiger partial charge in [0.15, 0.2) is 11.5 Å². The molecule has 12 heteroatoms. The number of ether oxygens (including phenoxy) is 2. The number of benzene rings is 1. The van der Waals surface area contributed by atoms with E-state index < -0.39 is 17.3 Å². The predicted molar refractivity (Wildman–Crippen MR) is 128 cm³/mol. The molecule has 0 saturated carbocycles. The van der Waals surface area contributed by atoms with Gasteiger partial charge >= 0.3 is 6.03 Å². The Morgan fingerprint density at radius 3 is 3.00 bits per heavy atom. The molecule has 2 aromatic rings. The van der Waals surface area contributed by atoms with Crippen molar-refractivity contribution in [1.29, 1.82) is 0 Å². The van der Waals surface area contributed by atoms with Crippen molar-refractivity contribution in [2.75, 3.05) is 24.8 Å². The Hall–Kier alpha value is -3.44. The maximum absolute atomic E-state index is 13.4. The molecule has 4 amide bonds. The Balaban J connectivity index is 1.29. The molecule has 1 aromatic carbocycles. The quantitative estimate of drug-likeness (QED) is 0.604. The van der Waals surface area contributed by atoms with Crippen LogP contribution >= 0.6 is 23.4 Å². The van der Waals surface area contributed by atoms with Gasteiger partial charge in [-0.05, 0) is 30.7 Å². The summed E-state index contributed by atoms with van der Waals surface area (Å²) in [4.78, 5) is 46.1. The molecule has 0 spiro atoms. The van der Waals surface area contributed by atoms with Crippen LogP contribution in [0.25, 0.3) is 0 Å². The fourth-order valence-corrected chi connectivity index (χ4v) is 6.35. The van der Waals surface area contributed by atoms with E-state index >= 15 is 0 Å². The second-order valence-corrected chi connectivity index (χ2v) is 10.00. The van der Waals surface area contributed by atoms with Gasteiger partial charge in [-0.25, -0.2) is 9.78 Å². The molecule has 4 aliphatic rings. The lowest BCUT2D eigenvalue weighted by molar-refractivity contribution is -0.126. The van der Waals surface area contributed by atoms with Crippen LogP contribution in [0.4, 0.5) is 16.2 Å². The number of urea groups is 1. The first kappa shape index (κ1) is 22.1. The van der Waals surface area contributed by atoms with Gasteiger partial charge in [0.2, 0.25) is 18.6 Å². The summed E-state index contributed by atoms with van der Waals surface area (Å²) in [6.45, 7) is 4.53. The molecule has 0 aliphatic carbocycles. The molecule has 2 unspecified atom stereocenters. The second-order valence-electron chi connectivity index (χ2n) is 8.46. The Bertz CT molecular complexity index is 1290. The zero-order chi connectivity index (χ0) is 24.3. The Kier molecular flexibility index (Phi) is 5.26. The van der Waals surface area contributed by atoms with Crippen LogP contribution in [0.15, 0.2) is 42.1 Å². The highest BCUT2D eigenvalue weighted by Crippen LogP contribution is 2.54. The first-order valence-corrected chi connectivity index (χ1v) is 12.3. The Morgan fingerprint density at radius 1 is 1.31 bits per heavy atom. The molecule has 3 atom stereocenters. The van der Waals surface area contributed by atoms with Crippen LogP contribution in [0.5, 0.6) is 11.5 Å². The highest BCUT2D eigenvalue weighted by atomic mass is 35.5. The van der Waals surface area contributed by atoms with Crippen molar-refractivity contribution in [3.63, 3.8) is 0 Å². The molecular formula is C23H20ClN5O5S.